The van der Waals surface area contributed by atoms with Crippen LogP contribution in [0.5, 0.6) is 0 Å². The minimum absolute atomic E-state index is 0.226. The van der Waals surface area contributed by atoms with Crippen molar-refractivity contribution in [2.24, 2.45) is 0 Å². The van der Waals surface area contributed by atoms with Crippen LogP contribution in [-0.4, -0.2) is 15.3 Å². The first-order valence-corrected chi connectivity index (χ1v) is 3.53. The van der Waals surface area contributed by atoms with Gasteiger partial charge in [0.15, 0.2) is 0 Å². The maximum absolute atomic E-state index is 4.76. The topological polar surface area (TPSA) is 25.8 Å². The maximum Gasteiger partial charge on any atom is 0.0660 e. The summed E-state index contributed by atoms with van der Waals surface area (Å²) in [6, 6.07) is 0. The second-order valence-electron chi connectivity index (χ2n) is 2.06. The third kappa shape index (κ3) is 1.57. The summed E-state index contributed by atoms with van der Waals surface area (Å²) in [4.78, 5) is 8.01. The molecule has 0 fully saturated rings. The Morgan fingerprint density at radius 3 is 2.90 bits per heavy atom. The molecule has 0 N–H and O–H groups in total. The number of aromatic nitrogens is 2. The molecule has 0 bridgehead atoms. The Morgan fingerprint density at radius 2 is 2.40 bits per heavy atom. The zero-order chi connectivity index (χ0) is 7.40. The van der Waals surface area contributed by atoms with Crippen LogP contribution in [0, 0.1) is 0 Å². The predicted octanol–water partition coefficient (Wildman–Crippen LogP) is 1.58. The summed E-state index contributed by atoms with van der Waals surface area (Å²) in [5, 5.41) is 1.68. The summed E-state index contributed by atoms with van der Waals surface area (Å²) in [6.07, 6.45) is 5.05. The molecule has 1 rings (SSSR count). The van der Waals surface area contributed by atoms with Gasteiger partial charge in [-0.2, -0.15) is 0 Å². The monoisotopic (exact) mass is 152 g/mol. The van der Waals surface area contributed by atoms with Gasteiger partial charge in [-0.25, -0.2) is 0 Å². The predicted molar refractivity (Wildman–Crippen MR) is 44.1 cm³/mol. The molecule has 0 saturated carbocycles. The Morgan fingerprint density at radius 1 is 1.60 bits per heavy atom. The fraction of sp³-hybridized carbons (Fsp3) is 0.286. The van der Waals surface area contributed by atoms with E-state index in [0.29, 0.717) is 0 Å². The Kier molecular flexibility index (Phi) is 2.45. The second kappa shape index (κ2) is 3.37. The number of nitrogens with zero attached hydrogens (tertiary/aromatic N) is 2. The van der Waals surface area contributed by atoms with Crippen molar-refractivity contribution in [3.05, 3.63) is 24.3 Å². The van der Waals surface area contributed by atoms with E-state index < -0.39 is 0 Å². The summed E-state index contributed by atoms with van der Waals surface area (Å²) in [7, 11) is 0. The van der Waals surface area contributed by atoms with Crippen LogP contribution in [0.1, 0.15) is 18.5 Å². The molecule has 3 heteroatoms. The highest BCUT2D eigenvalue weighted by Gasteiger charge is 2.00. The molecule has 1 atom stereocenters. The zero-order valence-electron chi connectivity index (χ0n) is 5.69. The summed E-state index contributed by atoms with van der Waals surface area (Å²) in [5.41, 5.74) is 0.928. The summed E-state index contributed by atoms with van der Waals surface area (Å²) in [6.45, 7) is 2.00. The maximum atomic E-state index is 4.76. The quantitative estimate of drug-likeness (QED) is 0.602. The average molecular weight is 152 g/mol. The lowest BCUT2D eigenvalue weighted by atomic mass is 10.1. The van der Waals surface area contributed by atoms with Gasteiger partial charge in [-0.1, -0.05) is 19.1 Å². The fourth-order valence-electron chi connectivity index (χ4n) is 0.615. The Bertz CT molecular complexity index is 210. The molecule has 1 aromatic heterocycles. The molecule has 0 aliphatic carbocycles. The van der Waals surface area contributed by atoms with Crippen LogP contribution in [0.3, 0.4) is 0 Å². The van der Waals surface area contributed by atoms with Gasteiger partial charge in [-0.3, -0.25) is 9.97 Å². The first-order valence-electron chi connectivity index (χ1n) is 3.06. The minimum atomic E-state index is 0.226. The lowest BCUT2D eigenvalue weighted by molar-refractivity contribution is 0.951. The van der Waals surface area contributed by atoms with Crippen LogP contribution >= 0.6 is 12.2 Å². The first-order chi connectivity index (χ1) is 4.84. The van der Waals surface area contributed by atoms with E-state index in [0.717, 1.165) is 5.69 Å². The Balaban J connectivity index is 2.84. The largest absolute Gasteiger partial charge is 0.261 e. The molecule has 0 aliphatic rings. The molecule has 1 unspecified atom stereocenters. The van der Waals surface area contributed by atoms with Gasteiger partial charge in [-0.05, 0) is 5.37 Å². The molecule has 52 valence electrons. The SMILES string of the molecule is CC(C=S)c1cnccn1. The number of thiocarbonyl (C=S) groups is 1. The molecular weight excluding hydrogens is 144 g/mol. The van der Waals surface area contributed by atoms with Crippen molar-refractivity contribution in [2.75, 3.05) is 0 Å². The molecule has 0 aliphatic heterocycles. The van der Waals surface area contributed by atoms with Crippen LogP contribution in [0.2, 0.25) is 0 Å². The van der Waals surface area contributed by atoms with Crippen LogP contribution in [0.4, 0.5) is 0 Å². The van der Waals surface area contributed by atoms with Crippen LogP contribution < -0.4 is 0 Å². The first kappa shape index (κ1) is 7.28. The van der Waals surface area contributed by atoms with Gasteiger partial charge in [-0.15, -0.1) is 0 Å². The van der Waals surface area contributed by atoms with E-state index in [1.165, 1.54) is 0 Å². The van der Waals surface area contributed by atoms with Crippen molar-refractivity contribution in [2.45, 2.75) is 12.8 Å². The minimum Gasteiger partial charge on any atom is -0.261 e. The van der Waals surface area contributed by atoms with Crippen molar-refractivity contribution in [1.82, 2.24) is 9.97 Å². The zero-order valence-corrected chi connectivity index (χ0v) is 6.51. The number of hydrogen-bond acceptors (Lipinski definition) is 3. The van der Waals surface area contributed by atoms with Gasteiger partial charge in [0.05, 0.1) is 5.69 Å². The number of hydrogen-bond donors (Lipinski definition) is 0. The lowest BCUT2D eigenvalue weighted by Gasteiger charge is -2.00. The molecule has 0 spiro atoms. The molecule has 0 aromatic carbocycles. The number of rotatable bonds is 2. The van der Waals surface area contributed by atoms with Crippen LogP contribution in [0.25, 0.3) is 0 Å². The second-order valence-corrected chi connectivity index (χ2v) is 2.33. The highest BCUT2D eigenvalue weighted by atomic mass is 32.1. The van der Waals surface area contributed by atoms with E-state index in [-0.39, 0.29) is 5.92 Å². The van der Waals surface area contributed by atoms with E-state index in [4.69, 9.17) is 12.2 Å². The van der Waals surface area contributed by atoms with Crippen LogP contribution in [-0.2, 0) is 0 Å². The van der Waals surface area contributed by atoms with Gasteiger partial charge in [0, 0.05) is 24.5 Å². The Labute approximate surface area is 65.3 Å². The summed E-state index contributed by atoms with van der Waals surface area (Å²) < 4.78 is 0. The summed E-state index contributed by atoms with van der Waals surface area (Å²) in [5.74, 6) is 0.226. The molecule has 2 nitrogen and oxygen atoms in total. The molecular formula is C7H8N2S. The lowest BCUT2D eigenvalue weighted by Crippen LogP contribution is -1.96. The molecule has 0 amide bonds. The van der Waals surface area contributed by atoms with E-state index in [2.05, 4.69) is 9.97 Å². The van der Waals surface area contributed by atoms with Gasteiger partial charge in [0.1, 0.15) is 0 Å². The van der Waals surface area contributed by atoms with E-state index in [1.54, 1.807) is 24.0 Å². The standard InChI is InChI=1S/C7H8N2S/c1-6(5-10)7-4-8-2-3-9-7/h2-6H,1H3. The third-order valence-electron chi connectivity index (χ3n) is 1.25. The smallest absolute Gasteiger partial charge is 0.0660 e. The van der Waals surface area contributed by atoms with E-state index in [9.17, 15) is 0 Å². The van der Waals surface area contributed by atoms with Gasteiger partial charge in [0.2, 0.25) is 0 Å². The molecule has 0 saturated heterocycles. The van der Waals surface area contributed by atoms with Gasteiger partial charge < -0.3 is 0 Å². The molecule has 1 heterocycles. The van der Waals surface area contributed by atoms with E-state index >= 15 is 0 Å². The summed E-state index contributed by atoms with van der Waals surface area (Å²) >= 11 is 4.76. The van der Waals surface area contributed by atoms with Crippen molar-refractivity contribution in [1.29, 1.82) is 0 Å². The highest BCUT2D eigenvalue weighted by molar-refractivity contribution is 7.79. The highest BCUT2D eigenvalue weighted by Crippen LogP contribution is 2.06. The molecule has 0 radical (unpaired) electrons. The molecule has 10 heavy (non-hydrogen) atoms. The fourth-order valence-corrected chi connectivity index (χ4v) is 0.755. The normalized spacial score (nSPS) is 12.5. The third-order valence-corrected chi connectivity index (χ3v) is 1.66. The van der Waals surface area contributed by atoms with Crippen molar-refractivity contribution in [3.63, 3.8) is 0 Å². The van der Waals surface area contributed by atoms with Gasteiger partial charge in [0.25, 0.3) is 0 Å². The van der Waals surface area contributed by atoms with Gasteiger partial charge >= 0.3 is 0 Å². The van der Waals surface area contributed by atoms with Crippen LogP contribution in [0.15, 0.2) is 18.6 Å². The Hall–Kier alpha value is -0.830. The van der Waals surface area contributed by atoms with Crippen molar-refractivity contribution in [3.8, 4) is 0 Å². The molecule has 1 aromatic rings. The van der Waals surface area contributed by atoms with Crippen molar-refractivity contribution < 1.29 is 0 Å². The van der Waals surface area contributed by atoms with Crippen molar-refractivity contribution >= 4 is 17.6 Å². The van der Waals surface area contributed by atoms with E-state index in [1.807, 2.05) is 6.92 Å². The average Bonchev–Trinajstić information content (AvgIpc) is 2.05.